The zero-order valence-electron chi connectivity index (χ0n) is 12.6. The summed E-state index contributed by atoms with van der Waals surface area (Å²) in [5.74, 6) is 0.653. The number of carbonyl (C=O) groups excluding carboxylic acids is 2. The van der Waals surface area contributed by atoms with Gasteiger partial charge < -0.3 is 16.0 Å². The molecule has 0 bridgehead atoms. The lowest BCUT2D eigenvalue weighted by atomic mass is 10.0. The van der Waals surface area contributed by atoms with Crippen LogP contribution in [0.1, 0.15) is 19.3 Å². The fraction of sp³-hybridized carbons (Fsp3) is 0.500. The molecule has 0 spiro atoms. The van der Waals surface area contributed by atoms with Crippen LogP contribution in [0.2, 0.25) is 0 Å². The maximum absolute atomic E-state index is 12.0. The van der Waals surface area contributed by atoms with E-state index in [-0.39, 0.29) is 11.9 Å². The van der Waals surface area contributed by atoms with Crippen LogP contribution >= 0.6 is 0 Å². The molecule has 2 saturated heterocycles. The fourth-order valence-electron chi connectivity index (χ4n) is 2.99. The van der Waals surface area contributed by atoms with Gasteiger partial charge in [0.2, 0.25) is 5.91 Å². The van der Waals surface area contributed by atoms with E-state index < -0.39 is 0 Å². The van der Waals surface area contributed by atoms with E-state index in [0.29, 0.717) is 25.4 Å². The van der Waals surface area contributed by atoms with Crippen LogP contribution in [0.15, 0.2) is 24.3 Å². The number of nitrogens with one attached hydrogen (secondary N) is 3. The first-order chi connectivity index (χ1) is 10.7. The molecule has 6 heteroatoms. The van der Waals surface area contributed by atoms with Gasteiger partial charge in [0.1, 0.15) is 0 Å². The van der Waals surface area contributed by atoms with E-state index in [9.17, 15) is 9.59 Å². The van der Waals surface area contributed by atoms with Crippen LogP contribution in [0.5, 0.6) is 0 Å². The summed E-state index contributed by atoms with van der Waals surface area (Å²) in [5.41, 5.74) is 1.56. The Balaban J connectivity index is 1.55. The van der Waals surface area contributed by atoms with Crippen molar-refractivity contribution in [3.63, 3.8) is 0 Å². The van der Waals surface area contributed by atoms with E-state index in [1.807, 2.05) is 24.3 Å². The Morgan fingerprint density at radius 3 is 3.00 bits per heavy atom. The van der Waals surface area contributed by atoms with Crippen LogP contribution in [-0.4, -0.2) is 38.1 Å². The van der Waals surface area contributed by atoms with Crippen LogP contribution in [0.3, 0.4) is 0 Å². The molecule has 1 unspecified atom stereocenters. The number of urea groups is 1. The Hall–Kier alpha value is -2.08. The van der Waals surface area contributed by atoms with Crippen molar-refractivity contribution in [1.29, 1.82) is 0 Å². The van der Waals surface area contributed by atoms with E-state index in [2.05, 4.69) is 16.0 Å². The van der Waals surface area contributed by atoms with Crippen LogP contribution in [-0.2, 0) is 4.79 Å². The zero-order chi connectivity index (χ0) is 15.4. The summed E-state index contributed by atoms with van der Waals surface area (Å²) in [4.78, 5) is 25.4. The molecule has 0 saturated carbocycles. The number of rotatable bonds is 5. The van der Waals surface area contributed by atoms with Crippen molar-refractivity contribution in [3.8, 4) is 0 Å². The van der Waals surface area contributed by atoms with Crippen LogP contribution in [0.4, 0.5) is 16.2 Å². The van der Waals surface area contributed by atoms with Crippen molar-refractivity contribution in [3.05, 3.63) is 24.3 Å². The summed E-state index contributed by atoms with van der Waals surface area (Å²) in [6.07, 6.45) is 2.63. The van der Waals surface area contributed by atoms with E-state index in [1.165, 1.54) is 0 Å². The molecule has 2 aliphatic heterocycles. The molecule has 118 valence electrons. The molecule has 2 heterocycles. The fourth-order valence-corrected chi connectivity index (χ4v) is 2.99. The maximum atomic E-state index is 12.0. The second kappa shape index (κ2) is 6.79. The third kappa shape index (κ3) is 3.57. The van der Waals surface area contributed by atoms with Crippen molar-refractivity contribution >= 4 is 23.3 Å². The predicted octanol–water partition coefficient (Wildman–Crippen LogP) is 1.54. The van der Waals surface area contributed by atoms with Gasteiger partial charge in [-0.1, -0.05) is 6.07 Å². The zero-order valence-corrected chi connectivity index (χ0v) is 12.6. The number of nitrogens with zero attached hydrogens (tertiary/aromatic N) is 1. The lowest BCUT2D eigenvalue weighted by Gasteiger charge is -2.15. The quantitative estimate of drug-likeness (QED) is 0.772. The Bertz CT molecular complexity index is 555. The molecule has 0 radical (unpaired) electrons. The van der Waals surface area contributed by atoms with E-state index >= 15 is 0 Å². The molecule has 1 atom stereocenters. The van der Waals surface area contributed by atoms with E-state index in [1.54, 1.807) is 4.90 Å². The van der Waals surface area contributed by atoms with E-state index in [4.69, 9.17) is 0 Å². The molecule has 0 aliphatic carbocycles. The molecular weight excluding hydrogens is 280 g/mol. The van der Waals surface area contributed by atoms with Crippen molar-refractivity contribution in [1.82, 2.24) is 10.6 Å². The molecule has 3 rings (SSSR count). The first-order valence-corrected chi connectivity index (χ1v) is 7.88. The molecule has 2 aliphatic rings. The van der Waals surface area contributed by atoms with Crippen molar-refractivity contribution in [2.75, 3.05) is 36.4 Å². The Morgan fingerprint density at radius 2 is 2.27 bits per heavy atom. The Morgan fingerprint density at radius 1 is 1.36 bits per heavy atom. The minimum absolute atomic E-state index is 0.0370. The minimum Gasteiger partial charge on any atom is -0.336 e. The molecule has 1 aromatic rings. The average molecular weight is 302 g/mol. The Labute approximate surface area is 130 Å². The summed E-state index contributed by atoms with van der Waals surface area (Å²) in [6, 6.07) is 7.35. The number of hydrogen-bond acceptors (Lipinski definition) is 3. The van der Waals surface area contributed by atoms with Crippen molar-refractivity contribution in [2.45, 2.75) is 19.3 Å². The highest BCUT2D eigenvalue weighted by atomic mass is 16.2. The topological polar surface area (TPSA) is 73.5 Å². The second-order valence-corrected chi connectivity index (χ2v) is 5.88. The molecule has 3 amide bonds. The van der Waals surface area contributed by atoms with Crippen LogP contribution < -0.4 is 20.9 Å². The van der Waals surface area contributed by atoms with Gasteiger partial charge in [0, 0.05) is 30.9 Å². The smallest absolute Gasteiger partial charge is 0.321 e. The van der Waals surface area contributed by atoms with Gasteiger partial charge in [0.05, 0.1) is 0 Å². The first kappa shape index (κ1) is 14.8. The van der Waals surface area contributed by atoms with Gasteiger partial charge in [-0.3, -0.25) is 9.69 Å². The van der Waals surface area contributed by atoms with Crippen LogP contribution in [0.25, 0.3) is 0 Å². The normalized spacial score (nSPS) is 21.0. The SMILES string of the molecule is O=C(CCC1CCNC1)Nc1cccc(N2CCNC2=O)c1. The molecule has 22 heavy (non-hydrogen) atoms. The lowest BCUT2D eigenvalue weighted by molar-refractivity contribution is -0.116. The largest absolute Gasteiger partial charge is 0.336 e. The standard InChI is InChI=1S/C16H22N4O2/c21-15(5-4-12-6-7-17-11-12)19-13-2-1-3-14(10-13)20-9-8-18-16(20)22/h1-3,10,12,17H,4-9,11H2,(H,18,22)(H,19,21). The van der Waals surface area contributed by atoms with Gasteiger partial charge in [0.15, 0.2) is 0 Å². The first-order valence-electron chi connectivity index (χ1n) is 7.88. The minimum atomic E-state index is -0.0859. The van der Waals surface area contributed by atoms with Crippen molar-refractivity contribution in [2.24, 2.45) is 5.92 Å². The summed E-state index contributed by atoms with van der Waals surface area (Å²) in [6.45, 7) is 3.40. The lowest BCUT2D eigenvalue weighted by Crippen LogP contribution is -2.27. The molecule has 3 N–H and O–H groups in total. The van der Waals surface area contributed by atoms with Gasteiger partial charge >= 0.3 is 6.03 Å². The van der Waals surface area contributed by atoms with E-state index in [0.717, 1.165) is 37.3 Å². The molecule has 1 aromatic carbocycles. The molecule has 6 nitrogen and oxygen atoms in total. The number of anilines is 2. The highest BCUT2D eigenvalue weighted by Crippen LogP contribution is 2.21. The maximum Gasteiger partial charge on any atom is 0.321 e. The Kier molecular flexibility index (Phi) is 4.58. The average Bonchev–Trinajstić information content (AvgIpc) is 3.16. The summed E-state index contributed by atoms with van der Waals surface area (Å²) < 4.78 is 0. The monoisotopic (exact) mass is 302 g/mol. The van der Waals surface area contributed by atoms with Gasteiger partial charge in [-0.2, -0.15) is 0 Å². The van der Waals surface area contributed by atoms with Crippen LogP contribution in [0, 0.1) is 5.92 Å². The molecule has 0 aromatic heterocycles. The van der Waals surface area contributed by atoms with Gasteiger partial charge in [-0.15, -0.1) is 0 Å². The van der Waals surface area contributed by atoms with Gasteiger partial charge in [-0.05, 0) is 50.0 Å². The van der Waals surface area contributed by atoms with Gasteiger partial charge in [0.25, 0.3) is 0 Å². The number of amides is 3. The number of carbonyl (C=O) groups is 2. The summed E-state index contributed by atoms with van der Waals surface area (Å²) in [7, 11) is 0. The van der Waals surface area contributed by atoms with Gasteiger partial charge in [-0.25, -0.2) is 4.79 Å². The highest BCUT2D eigenvalue weighted by Gasteiger charge is 2.21. The van der Waals surface area contributed by atoms with Crippen molar-refractivity contribution < 1.29 is 9.59 Å². The summed E-state index contributed by atoms with van der Waals surface area (Å²) >= 11 is 0. The number of hydrogen-bond donors (Lipinski definition) is 3. The second-order valence-electron chi connectivity index (χ2n) is 5.88. The summed E-state index contributed by atoms with van der Waals surface area (Å²) in [5, 5.41) is 9.01. The third-order valence-electron chi connectivity index (χ3n) is 4.24. The number of benzene rings is 1. The third-order valence-corrected chi connectivity index (χ3v) is 4.24. The highest BCUT2D eigenvalue weighted by molar-refractivity contribution is 5.96. The molecule has 2 fully saturated rings. The predicted molar refractivity (Wildman–Crippen MR) is 86.0 cm³/mol. The molecular formula is C16H22N4O2.